The van der Waals surface area contributed by atoms with Crippen LogP contribution in [0.15, 0.2) is 96.4 Å². The second-order valence-electron chi connectivity index (χ2n) is 5.17. The maximum absolute atomic E-state index is 5.78. The first-order valence-electron chi connectivity index (χ1n) is 7.79. The zero-order chi connectivity index (χ0) is 18.2. The Labute approximate surface area is 148 Å². The quantitative estimate of drug-likeness (QED) is 0.784. The van der Waals surface area contributed by atoms with E-state index in [4.69, 9.17) is 9.47 Å². The third kappa shape index (κ3) is 4.58. The fourth-order valence-electron chi connectivity index (χ4n) is 2.15. The SMILES string of the molecule is C=CN=C(C1=C(C=C)O/C(=C\C)O1)c1ccc(=C)ccccc(=C)c1. The van der Waals surface area contributed by atoms with Crippen LogP contribution in [0.5, 0.6) is 0 Å². The number of aliphatic imine (C=N–C) groups is 1. The summed E-state index contributed by atoms with van der Waals surface area (Å²) in [5.74, 6) is 1.37. The van der Waals surface area contributed by atoms with Gasteiger partial charge >= 0.3 is 0 Å². The van der Waals surface area contributed by atoms with Crippen molar-refractivity contribution in [2.75, 3.05) is 0 Å². The fraction of sp³-hybridized carbons (Fsp3) is 0.0455. The van der Waals surface area contributed by atoms with Crippen LogP contribution in [-0.2, 0) is 9.47 Å². The summed E-state index contributed by atoms with van der Waals surface area (Å²) < 4.78 is 11.4. The topological polar surface area (TPSA) is 30.8 Å². The largest absolute Gasteiger partial charge is 0.422 e. The summed E-state index contributed by atoms with van der Waals surface area (Å²) in [6.07, 6.45) is 4.78. The van der Waals surface area contributed by atoms with Crippen molar-refractivity contribution in [3.8, 4) is 0 Å². The molecule has 0 spiro atoms. The van der Waals surface area contributed by atoms with Crippen LogP contribution >= 0.6 is 0 Å². The van der Waals surface area contributed by atoms with E-state index < -0.39 is 0 Å². The van der Waals surface area contributed by atoms with Gasteiger partial charge in [-0.05, 0) is 35.6 Å². The Balaban J connectivity index is 2.74. The van der Waals surface area contributed by atoms with Gasteiger partial charge in [-0.3, -0.25) is 4.99 Å². The van der Waals surface area contributed by atoms with Crippen molar-refractivity contribution in [2.24, 2.45) is 4.99 Å². The van der Waals surface area contributed by atoms with E-state index in [0.717, 1.165) is 16.0 Å². The second kappa shape index (κ2) is 8.50. The summed E-state index contributed by atoms with van der Waals surface area (Å²) in [5, 5.41) is 1.68. The molecule has 1 heterocycles. The summed E-state index contributed by atoms with van der Waals surface area (Å²) in [6.45, 7) is 17.3. The van der Waals surface area contributed by atoms with Crippen LogP contribution in [0.1, 0.15) is 12.5 Å². The highest BCUT2D eigenvalue weighted by atomic mass is 16.7. The molecule has 1 aliphatic rings. The maximum atomic E-state index is 5.78. The molecule has 0 unspecified atom stereocenters. The van der Waals surface area contributed by atoms with E-state index in [1.165, 1.54) is 6.20 Å². The molecular formula is C22H21NO2. The molecule has 3 nitrogen and oxygen atoms in total. The number of hydrogen-bond acceptors (Lipinski definition) is 3. The molecule has 2 rings (SSSR count). The third-order valence-electron chi connectivity index (χ3n) is 3.32. The van der Waals surface area contributed by atoms with Gasteiger partial charge in [-0.25, -0.2) is 0 Å². The summed E-state index contributed by atoms with van der Waals surface area (Å²) in [4.78, 5) is 4.39. The molecule has 1 aromatic carbocycles. The van der Waals surface area contributed by atoms with Crippen LogP contribution in [0.4, 0.5) is 0 Å². The molecule has 126 valence electrons. The van der Waals surface area contributed by atoms with Crippen molar-refractivity contribution >= 4 is 18.9 Å². The average molecular weight is 331 g/mol. The molecule has 25 heavy (non-hydrogen) atoms. The molecule has 0 saturated carbocycles. The normalized spacial score (nSPS) is 15.2. The minimum absolute atomic E-state index is 0.386. The van der Waals surface area contributed by atoms with Crippen molar-refractivity contribution in [1.29, 1.82) is 0 Å². The lowest BCUT2D eigenvalue weighted by Crippen LogP contribution is -2.09. The van der Waals surface area contributed by atoms with Crippen LogP contribution in [0, 0.1) is 0 Å². The maximum Gasteiger partial charge on any atom is 0.286 e. The minimum Gasteiger partial charge on any atom is -0.422 e. The standard InChI is InChI=1S/C22H21NO2/c1-6-19-22(25-20(7-2)24-19)21(23-8-3)18-14-13-16(4)11-9-10-12-17(5)15-18/h6-15H,1,3-5H2,2H3/b11-9?,12-10?,14-13?,18-15?,20-7+,23-21?. The molecule has 0 aromatic heterocycles. The smallest absolute Gasteiger partial charge is 0.286 e. The lowest BCUT2D eigenvalue weighted by molar-refractivity contribution is 0.186. The third-order valence-corrected chi connectivity index (χ3v) is 3.32. The predicted molar refractivity (Wildman–Crippen MR) is 104 cm³/mol. The number of hydrogen-bond donors (Lipinski definition) is 0. The van der Waals surface area contributed by atoms with E-state index in [1.807, 2.05) is 49.4 Å². The van der Waals surface area contributed by atoms with E-state index in [0.29, 0.717) is 23.2 Å². The Morgan fingerprint density at radius 2 is 1.72 bits per heavy atom. The van der Waals surface area contributed by atoms with E-state index in [2.05, 4.69) is 31.3 Å². The second-order valence-corrected chi connectivity index (χ2v) is 5.17. The monoisotopic (exact) mass is 331 g/mol. The van der Waals surface area contributed by atoms with Crippen molar-refractivity contribution < 1.29 is 9.47 Å². The van der Waals surface area contributed by atoms with Crippen LogP contribution in [0.2, 0.25) is 0 Å². The van der Waals surface area contributed by atoms with Gasteiger partial charge in [0.25, 0.3) is 5.95 Å². The molecule has 3 heteroatoms. The molecule has 0 atom stereocenters. The van der Waals surface area contributed by atoms with Crippen LogP contribution in [-0.4, -0.2) is 5.71 Å². The highest BCUT2D eigenvalue weighted by Crippen LogP contribution is 2.28. The van der Waals surface area contributed by atoms with Gasteiger partial charge in [0.15, 0.2) is 11.5 Å². The molecule has 1 aromatic rings. The zero-order valence-electron chi connectivity index (χ0n) is 14.4. The van der Waals surface area contributed by atoms with E-state index in [-0.39, 0.29) is 0 Å². The molecule has 0 saturated heterocycles. The van der Waals surface area contributed by atoms with E-state index >= 15 is 0 Å². The Hall–Kier alpha value is -3.33. The molecule has 0 N–H and O–H groups in total. The van der Waals surface area contributed by atoms with Crippen molar-refractivity contribution in [1.82, 2.24) is 0 Å². The number of nitrogens with zero attached hydrogens (tertiary/aromatic N) is 1. The van der Waals surface area contributed by atoms with Gasteiger partial charge in [0.05, 0.1) is 0 Å². The van der Waals surface area contributed by atoms with Crippen molar-refractivity contribution in [2.45, 2.75) is 6.92 Å². The minimum atomic E-state index is 0.386. The Morgan fingerprint density at radius 1 is 1.00 bits per heavy atom. The predicted octanol–water partition coefficient (Wildman–Crippen LogP) is 3.87. The lowest BCUT2D eigenvalue weighted by atomic mass is 10.1. The average Bonchev–Trinajstić information content (AvgIpc) is 3.03. The summed E-state index contributed by atoms with van der Waals surface area (Å²) >= 11 is 0. The summed E-state index contributed by atoms with van der Waals surface area (Å²) in [5.41, 5.74) is 1.37. The fourth-order valence-corrected chi connectivity index (χ4v) is 2.15. The molecule has 0 bridgehead atoms. The first kappa shape index (κ1) is 18.0. The number of allylic oxidation sites excluding steroid dienone is 3. The van der Waals surface area contributed by atoms with Crippen LogP contribution in [0.25, 0.3) is 13.2 Å². The number of rotatable bonds is 4. The Bertz CT molecular complexity index is 935. The van der Waals surface area contributed by atoms with E-state index in [9.17, 15) is 0 Å². The zero-order valence-corrected chi connectivity index (χ0v) is 14.4. The highest BCUT2D eigenvalue weighted by molar-refractivity contribution is 6.12. The van der Waals surface area contributed by atoms with Crippen LogP contribution < -0.4 is 10.4 Å². The molecule has 0 aliphatic carbocycles. The van der Waals surface area contributed by atoms with Crippen molar-refractivity contribution in [3.63, 3.8) is 0 Å². The van der Waals surface area contributed by atoms with E-state index in [1.54, 1.807) is 12.2 Å². The Morgan fingerprint density at radius 3 is 2.36 bits per heavy atom. The van der Waals surface area contributed by atoms with Gasteiger partial charge in [-0.1, -0.05) is 62.7 Å². The number of ether oxygens (including phenoxy) is 2. The van der Waals surface area contributed by atoms with Crippen LogP contribution in [0.3, 0.4) is 0 Å². The first-order chi connectivity index (χ1) is 12.1. The van der Waals surface area contributed by atoms with Crippen molar-refractivity contribution in [3.05, 3.63) is 107 Å². The summed E-state index contributed by atoms with van der Waals surface area (Å²) in [6, 6.07) is 13.4. The van der Waals surface area contributed by atoms with Gasteiger partial charge < -0.3 is 9.47 Å². The molecule has 0 radical (unpaired) electrons. The molecular weight excluding hydrogens is 310 g/mol. The summed E-state index contributed by atoms with van der Waals surface area (Å²) in [7, 11) is 0. The Kier molecular flexibility index (Phi) is 6.13. The van der Waals surface area contributed by atoms with Gasteiger partial charge in [-0.2, -0.15) is 0 Å². The molecule has 1 aliphatic heterocycles. The lowest BCUT2D eigenvalue weighted by Gasteiger charge is -2.05. The molecule has 0 amide bonds. The van der Waals surface area contributed by atoms with Gasteiger partial charge in [0, 0.05) is 11.8 Å². The first-order valence-corrected chi connectivity index (χ1v) is 7.79. The van der Waals surface area contributed by atoms with Gasteiger partial charge in [-0.15, -0.1) is 0 Å². The van der Waals surface area contributed by atoms with Gasteiger partial charge in [0.1, 0.15) is 5.71 Å². The highest BCUT2D eigenvalue weighted by Gasteiger charge is 2.25. The van der Waals surface area contributed by atoms with Gasteiger partial charge in [0.2, 0.25) is 0 Å². The molecule has 0 fully saturated rings.